The van der Waals surface area contributed by atoms with E-state index < -0.39 is 5.35 Å². The highest BCUT2D eigenvalue weighted by Crippen LogP contribution is 2.16. The van der Waals surface area contributed by atoms with Gasteiger partial charge in [0.2, 0.25) is 0 Å². The average Bonchev–Trinajstić information content (AvgIpc) is 2.16. The van der Waals surface area contributed by atoms with Crippen LogP contribution in [0, 0.1) is 0 Å². The molecule has 0 aliphatic carbocycles. The fourth-order valence-corrected chi connectivity index (χ4v) is 2.46. The first-order chi connectivity index (χ1) is 7.08. The maximum Gasteiger partial charge on any atom is 0.118 e. The summed E-state index contributed by atoms with van der Waals surface area (Å²) in [6.45, 7) is 7.57. The molecule has 0 aromatic carbocycles. The minimum absolute atomic E-state index is 0.0701. The lowest BCUT2D eigenvalue weighted by Crippen LogP contribution is -2.55. The highest BCUT2D eigenvalue weighted by molar-refractivity contribution is 6.14. The van der Waals surface area contributed by atoms with E-state index in [2.05, 4.69) is 6.92 Å². The van der Waals surface area contributed by atoms with Gasteiger partial charge in [0.05, 0.1) is 16.3 Å². The largest absolute Gasteiger partial charge is 0.374 e. The predicted octanol–water partition coefficient (Wildman–Crippen LogP) is 0.986. The van der Waals surface area contributed by atoms with Gasteiger partial charge >= 0.3 is 0 Å². The Balaban J connectivity index is 4.10. The Morgan fingerprint density at radius 1 is 1.20 bits per heavy atom. The smallest absolute Gasteiger partial charge is 0.118 e. The number of hydrogen-bond acceptors (Lipinski definition) is 3. The monoisotopic (exact) mass is 233 g/mol. The summed E-state index contributed by atoms with van der Waals surface area (Å²) >= 11 is 0. The van der Waals surface area contributed by atoms with Crippen LogP contribution in [-0.2, 0) is 9.47 Å². The van der Waals surface area contributed by atoms with Gasteiger partial charge < -0.3 is 15.2 Å². The van der Waals surface area contributed by atoms with Crippen LogP contribution in [0.2, 0.25) is 0 Å². The summed E-state index contributed by atoms with van der Waals surface area (Å²) in [5, 5.41) is -0.515. The fourth-order valence-electron chi connectivity index (χ4n) is 1.72. The van der Waals surface area contributed by atoms with Crippen LogP contribution in [0.15, 0.2) is 0 Å². The molecule has 0 aliphatic heterocycles. The first-order valence-electron chi connectivity index (χ1n) is 6.12. The van der Waals surface area contributed by atoms with Gasteiger partial charge in [0.25, 0.3) is 0 Å². The van der Waals surface area contributed by atoms with Gasteiger partial charge in [-0.25, -0.2) is 0 Å². The van der Waals surface area contributed by atoms with Gasteiger partial charge in [0.1, 0.15) is 5.35 Å². The molecule has 0 fully saturated rings. The molecule has 15 heavy (non-hydrogen) atoms. The van der Waals surface area contributed by atoms with Gasteiger partial charge in [-0.3, -0.25) is 0 Å². The standard InChI is InChI=1S/C11H27NO2Si/c1-4-7-8-9-10(13-5-2)11(12,15)14-6-3/h10H,4-9,12H2,1-3,15H3. The quantitative estimate of drug-likeness (QED) is 0.367. The minimum atomic E-state index is -0.515. The molecule has 0 aromatic heterocycles. The molecule has 2 atom stereocenters. The Labute approximate surface area is 97.1 Å². The molecule has 0 saturated carbocycles. The Morgan fingerprint density at radius 2 is 1.87 bits per heavy atom. The second-order valence-corrected chi connectivity index (χ2v) is 5.62. The zero-order chi connectivity index (χ0) is 11.7. The third kappa shape index (κ3) is 6.30. The lowest BCUT2D eigenvalue weighted by atomic mass is 10.1. The van der Waals surface area contributed by atoms with E-state index in [1.54, 1.807) is 0 Å². The maximum absolute atomic E-state index is 6.15. The Morgan fingerprint density at radius 3 is 2.33 bits per heavy atom. The normalized spacial score (nSPS) is 17.6. The lowest BCUT2D eigenvalue weighted by Gasteiger charge is -2.34. The van der Waals surface area contributed by atoms with Crippen molar-refractivity contribution in [2.24, 2.45) is 5.73 Å². The van der Waals surface area contributed by atoms with Gasteiger partial charge in [0, 0.05) is 13.2 Å². The topological polar surface area (TPSA) is 44.5 Å². The average molecular weight is 233 g/mol. The summed E-state index contributed by atoms with van der Waals surface area (Å²) in [5.74, 6) is 0. The lowest BCUT2D eigenvalue weighted by molar-refractivity contribution is -0.0942. The molecule has 0 spiro atoms. The van der Waals surface area contributed by atoms with Crippen LogP contribution in [0.4, 0.5) is 0 Å². The molecule has 0 saturated heterocycles. The van der Waals surface area contributed by atoms with Crippen LogP contribution in [0.25, 0.3) is 0 Å². The molecule has 0 heterocycles. The van der Waals surface area contributed by atoms with Gasteiger partial charge in [-0.2, -0.15) is 0 Å². The van der Waals surface area contributed by atoms with Crippen molar-refractivity contribution in [1.29, 1.82) is 0 Å². The zero-order valence-electron chi connectivity index (χ0n) is 10.7. The molecule has 0 aliphatic rings. The Hall–Kier alpha value is 0.0969. The predicted molar refractivity (Wildman–Crippen MR) is 68.0 cm³/mol. The van der Waals surface area contributed by atoms with E-state index in [0.29, 0.717) is 13.2 Å². The molecule has 0 bridgehead atoms. The van der Waals surface area contributed by atoms with Crippen molar-refractivity contribution < 1.29 is 9.47 Å². The first kappa shape index (κ1) is 15.1. The van der Waals surface area contributed by atoms with Crippen molar-refractivity contribution in [2.45, 2.75) is 57.9 Å². The zero-order valence-corrected chi connectivity index (χ0v) is 12.7. The van der Waals surface area contributed by atoms with Gasteiger partial charge in [-0.05, 0) is 20.3 Å². The van der Waals surface area contributed by atoms with Gasteiger partial charge in [-0.15, -0.1) is 0 Å². The minimum Gasteiger partial charge on any atom is -0.374 e. The van der Waals surface area contributed by atoms with E-state index >= 15 is 0 Å². The molecule has 2 unspecified atom stereocenters. The Kier molecular flexibility index (Phi) is 8.33. The van der Waals surface area contributed by atoms with Crippen molar-refractivity contribution in [1.82, 2.24) is 0 Å². The summed E-state index contributed by atoms with van der Waals surface area (Å²) < 4.78 is 11.3. The van der Waals surface area contributed by atoms with E-state index in [4.69, 9.17) is 15.2 Å². The van der Waals surface area contributed by atoms with Crippen LogP contribution < -0.4 is 5.73 Å². The first-order valence-corrected chi connectivity index (χ1v) is 7.12. The van der Waals surface area contributed by atoms with Gasteiger partial charge in [0.15, 0.2) is 0 Å². The molecule has 92 valence electrons. The maximum atomic E-state index is 6.15. The number of unbranched alkanes of at least 4 members (excludes halogenated alkanes) is 2. The second kappa shape index (κ2) is 8.27. The molecular weight excluding hydrogens is 206 g/mol. The summed E-state index contributed by atoms with van der Waals surface area (Å²) in [7, 11) is 0.804. The second-order valence-electron chi connectivity index (χ2n) is 4.06. The SMILES string of the molecule is CCCCCC(OCC)C(N)([SiH3])OCC. The number of ether oxygens (including phenoxy) is 2. The van der Waals surface area contributed by atoms with E-state index in [0.717, 1.165) is 16.7 Å². The van der Waals surface area contributed by atoms with Crippen molar-refractivity contribution in [3.05, 3.63) is 0 Å². The molecule has 0 aromatic rings. The molecule has 0 amide bonds. The van der Waals surface area contributed by atoms with Crippen LogP contribution in [-0.4, -0.2) is 34.9 Å². The summed E-state index contributed by atoms with van der Waals surface area (Å²) in [5.41, 5.74) is 6.15. The van der Waals surface area contributed by atoms with Crippen LogP contribution >= 0.6 is 0 Å². The highest BCUT2D eigenvalue weighted by atomic mass is 28.1. The number of rotatable bonds is 9. The fraction of sp³-hybridized carbons (Fsp3) is 1.00. The van der Waals surface area contributed by atoms with Crippen LogP contribution in [0.5, 0.6) is 0 Å². The molecule has 4 heteroatoms. The Bertz CT molecular complexity index is 154. The van der Waals surface area contributed by atoms with E-state index in [9.17, 15) is 0 Å². The molecule has 0 radical (unpaired) electrons. The van der Waals surface area contributed by atoms with Crippen molar-refractivity contribution in [2.75, 3.05) is 13.2 Å². The van der Waals surface area contributed by atoms with Crippen molar-refractivity contribution >= 4 is 10.2 Å². The summed E-state index contributed by atoms with van der Waals surface area (Å²) in [6.07, 6.45) is 4.73. The molecule has 2 N–H and O–H groups in total. The van der Waals surface area contributed by atoms with Crippen LogP contribution in [0.3, 0.4) is 0 Å². The van der Waals surface area contributed by atoms with E-state index in [1.165, 1.54) is 19.3 Å². The van der Waals surface area contributed by atoms with Crippen molar-refractivity contribution in [3.8, 4) is 0 Å². The number of nitrogens with two attached hydrogens (primary N) is 1. The molecular formula is C11H27NO2Si. The summed E-state index contributed by atoms with van der Waals surface area (Å²) in [6, 6.07) is 0. The van der Waals surface area contributed by atoms with Crippen molar-refractivity contribution in [3.63, 3.8) is 0 Å². The third-order valence-electron chi connectivity index (χ3n) is 2.53. The number of hydrogen-bond donors (Lipinski definition) is 1. The van der Waals surface area contributed by atoms with E-state index in [-0.39, 0.29) is 6.10 Å². The molecule has 0 rings (SSSR count). The van der Waals surface area contributed by atoms with Crippen LogP contribution in [0.1, 0.15) is 46.5 Å². The highest BCUT2D eigenvalue weighted by Gasteiger charge is 2.30. The molecule has 3 nitrogen and oxygen atoms in total. The van der Waals surface area contributed by atoms with E-state index in [1.807, 2.05) is 13.8 Å². The summed E-state index contributed by atoms with van der Waals surface area (Å²) in [4.78, 5) is 0. The van der Waals surface area contributed by atoms with Gasteiger partial charge in [-0.1, -0.05) is 26.2 Å². The third-order valence-corrected chi connectivity index (χ3v) is 3.46.